The monoisotopic (exact) mass is 355 g/mol. The lowest BCUT2D eigenvalue weighted by Crippen LogP contribution is -2.33. The van der Waals surface area contributed by atoms with E-state index < -0.39 is 11.7 Å². The van der Waals surface area contributed by atoms with Crippen LogP contribution in [0.2, 0.25) is 0 Å². The molecule has 0 spiro atoms. The summed E-state index contributed by atoms with van der Waals surface area (Å²) in [5.41, 5.74) is 7.35. The van der Waals surface area contributed by atoms with Gasteiger partial charge in [-0.1, -0.05) is 12.1 Å². The van der Waals surface area contributed by atoms with Gasteiger partial charge in [0.2, 0.25) is 5.88 Å². The molecule has 0 amide bonds. The first-order valence-electron chi connectivity index (χ1n) is 8.04. The number of aromatic nitrogens is 1. The number of benzene rings is 1. The molecule has 2 N–H and O–H groups in total. The number of fused-ring (bicyclic) bond motifs is 1. The predicted octanol–water partition coefficient (Wildman–Crippen LogP) is 2.16. The van der Waals surface area contributed by atoms with Gasteiger partial charge in [0.1, 0.15) is 23.2 Å². The second-order valence-corrected chi connectivity index (χ2v) is 5.99. The number of halogens is 1. The number of pyridine rings is 1. The Labute approximate surface area is 149 Å². The van der Waals surface area contributed by atoms with E-state index in [1.165, 1.54) is 12.1 Å². The number of nitrogens with two attached hydrogens (primary N) is 1. The molecule has 0 aliphatic carbocycles. The van der Waals surface area contributed by atoms with Gasteiger partial charge in [0.25, 0.3) is 5.56 Å². The number of aryl methyl sites for hydroxylation is 1. The molecule has 2 aromatic rings. The molecule has 7 heteroatoms. The number of hydrogen-bond donors (Lipinski definition) is 1. The van der Waals surface area contributed by atoms with Crippen molar-refractivity contribution in [1.82, 2.24) is 4.57 Å². The fourth-order valence-electron chi connectivity index (χ4n) is 3.14. The lowest BCUT2D eigenvalue weighted by Gasteiger charge is -2.27. The SMILES string of the molecule is COCCn1c(C)cc2c(c1=O)[C@H](c1ccc(F)cc1)C(C#N)=C(N)O2. The largest absolute Gasteiger partial charge is 0.440 e. The van der Waals surface area contributed by atoms with E-state index in [1.54, 1.807) is 36.8 Å². The molecule has 26 heavy (non-hydrogen) atoms. The molecule has 3 rings (SSSR count). The van der Waals surface area contributed by atoms with Crippen molar-refractivity contribution in [3.05, 3.63) is 74.8 Å². The van der Waals surface area contributed by atoms with Gasteiger partial charge in [-0.15, -0.1) is 0 Å². The molecule has 1 aliphatic heterocycles. The standard InChI is InChI=1S/C19H18FN3O3/c1-11-9-15-17(19(24)23(11)7-8-25-2)16(14(10-21)18(22)26-15)12-3-5-13(20)6-4-12/h3-6,9,16H,7-8,22H2,1-2H3/t16-/m1/s1. The van der Waals surface area contributed by atoms with Crippen LogP contribution in [0.15, 0.2) is 46.6 Å². The molecule has 1 aromatic carbocycles. The fraction of sp³-hybridized carbons (Fsp3) is 0.263. The second-order valence-electron chi connectivity index (χ2n) is 5.99. The lowest BCUT2D eigenvalue weighted by atomic mass is 9.84. The summed E-state index contributed by atoms with van der Waals surface area (Å²) in [7, 11) is 1.56. The van der Waals surface area contributed by atoms with Crippen molar-refractivity contribution in [2.24, 2.45) is 5.73 Å². The Morgan fingerprint density at radius 3 is 2.69 bits per heavy atom. The summed E-state index contributed by atoms with van der Waals surface area (Å²) in [6.45, 7) is 2.52. The Balaban J connectivity index is 2.25. The molecule has 0 saturated carbocycles. The van der Waals surface area contributed by atoms with E-state index in [2.05, 4.69) is 0 Å². The number of methoxy groups -OCH3 is 1. The summed E-state index contributed by atoms with van der Waals surface area (Å²) in [6, 6.07) is 9.39. The molecule has 0 fully saturated rings. The van der Waals surface area contributed by atoms with Gasteiger partial charge in [0, 0.05) is 25.4 Å². The maximum absolute atomic E-state index is 13.3. The zero-order valence-electron chi connectivity index (χ0n) is 14.5. The maximum Gasteiger partial charge on any atom is 0.258 e. The van der Waals surface area contributed by atoms with Gasteiger partial charge in [-0.3, -0.25) is 4.79 Å². The third kappa shape index (κ3) is 2.95. The van der Waals surface area contributed by atoms with Crippen LogP contribution in [0.1, 0.15) is 22.7 Å². The van der Waals surface area contributed by atoms with Gasteiger partial charge in [-0.05, 0) is 24.6 Å². The maximum atomic E-state index is 13.3. The molecule has 0 bridgehead atoms. The van der Waals surface area contributed by atoms with E-state index in [4.69, 9.17) is 15.2 Å². The Morgan fingerprint density at radius 1 is 1.38 bits per heavy atom. The van der Waals surface area contributed by atoms with Crippen LogP contribution in [0.3, 0.4) is 0 Å². The fourth-order valence-corrected chi connectivity index (χ4v) is 3.14. The van der Waals surface area contributed by atoms with Gasteiger partial charge < -0.3 is 19.8 Å². The number of ether oxygens (including phenoxy) is 2. The molecule has 134 valence electrons. The topological polar surface area (TPSA) is 90.3 Å². The van der Waals surface area contributed by atoms with Gasteiger partial charge in [0.15, 0.2) is 0 Å². The van der Waals surface area contributed by atoms with Crippen molar-refractivity contribution in [3.8, 4) is 11.8 Å². The molecule has 0 unspecified atom stereocenters. The van der Waals surface area contributed by atoms with Gasteiger partial charge >= 0.3 is 0 Å². The molecule has 1 atom stereocenters. The number of nitrogens with zero attached hydrogens (tertiary/aromatic N) is 2. The van der Waals surface area contributed by atoms with Crippen molar-refractivity contribution in [2.45, 2.75) is 19.4 Å². The van der Waals surface area contributed by atoms with Crippen LogP contribution in [0.4, 0.5) is 4.39 Å². The first kappa shape index (κ1) is 17.7. The second kappa shape index (κ2) is 7.02. The highest BCUT2D eigenvalue weighted by molar-refractivity contribution is 5.55. The minimum Gasteiger partial charge on any atom is -0.440 e. The van der Waals surface area contributed by atoms with Crippen molar-refractivity contribution in [2.75, 3.05) is 13.7 Å². The summed E-state index contributed by atoms with van der Waals surface area (Å²) >= 11 is 0. The highest BCUT2D eigenvalue weighted by Crippen LogP contribution is 2.40. The first-order chi connectivity index (χ1) is 12.5. The van der Waals surface area contributed by atoms with Gasteiger partial charge in [-0.25, -0.2) is 4.39 Å². The Hall–Kier alpha value is -3.11. The van der Waals surface area contributed by atoms with Crippen LogP contribution in [-0.4, -0.2) is 18.3 Å². The summed E-state index contributed by atoms with van der Waals surface area (Å²) in [4.78, 5) is 13.1. The van der Waals surface area contributed by atoms with E-state index in [9.17, 15) is 14.4 Å². The molecule has 6 nitrogen and oxygen atoms in total. The summed E-state index contributed by atoms with van der Waals surface area (Å²) in [6.07, 6.45) is 0. The average Bonchev–Trinajstić information content (AvgIpc) is 2.61. The highest BCUT2D eigenvalue weighted by Gasteiger charge is 2.34. The first-order valence-corrected chi connectivity index (χ1v) is 8.04. The van der Waals surface area contributed by atoms with E-state index in [0.29, 0.717) is 35.7 Å². The van der Waals surface area contributed by atoms with E-state index in [0.717, 1.165) is 0 Å². The van der Waals surface area contributed by atoms with Gasteiger partial charge in [-0.2, -0.15) is 5.26 Å². The summed E-state index contributed by atoms with van der Waals surface area (Å²) < 4.78 is 25.5. The quantitative estimate of drug-likeness (QED) is 0.908. The van der Waals surface area contributed by atoms with Crippen LogP contribution >= 0.6 is 0 Å². The molecule has 2 heterocycles. The van der Waals surface area contributed by atoms with Crippen LogP contribution in [0.25, 0.3) is 0 Å². The molecule has 0 radical (unpaired) electrons. The van der Waals surface area contributed by atoms with E-state index >= 15 is 0 Å². The Bertz CT molecular complexity index is 971. The molecule has 1 aromatic heterocycles. The zero-order chi connectivity index (χ0) is 18.8. The molecule has 0 saturated heterocycles. The number of rotatable bonds is 4. The highest BCUT2D eigenvalue weighted by atomic mass is 19.1. The van der Waals surface area contributed by atoms with E-state index in [-0.39, 0.29) is 17.0 Å². The normalized spacial score (nSPS) is 16.0. The minimum absolute atomic E-state index is 0.0530. The Kier molecular flexibility index (Phi) is 4.78. The van der Waals surface area contributed by atoms with Crippen molar-refractivity contribution >= 4 is 0 Å². The van der Waals surface area contributed by atoms with Crippen molar-refractivity contribution in [3.63, 3.8) is 0 Å². The third-order valence-electron chi connectivity index (χ3n) is 4.41. The number of allylic oxidation sites excluding steroid dienone is 1. The Morgan fingerprint density at radius 2 is 2.08 bits per heavy atom. The molecular weight excluding hydrogens is 337 g/mol. The number of hydrogen-bond acceptors (Lipinski definition) is 5. The lowest BCUT2D eigenvalue weighted by molar-refractivity contribution is 0.185. The minimum atomic E-state index is -0.716. The zero-order valence-corrected chi connectivity index (χ0v) is 14.5. The van der Waals surface area contributed by atoms with Crippen molar-refractivity contribution < 1.29 is 13.9 Å². The van der Waals surface area contributed by atoms with Crippen LogP contribution < -0.4 is 16.0 Å². The van der Waals surface area contributed by atoms with Crippen LogP contribution in [0.5, 0.6) is 5.75 Å². The predicted molar refractivity (Wildman–Crippen MR) is 93.0 cm³/mol. The summed E-state index contributed by atoms with van der Waals surface area (Å²) in [5.74, 6) is -0.862. The third-order valence-corrected chi connectivity index (χ3v) is 4.41. The molecular formula is C19H18FN3O3. The van der Waals surface area contributed by atoms with E-state index in [1.807, 2.05) is 6.07 Å². The molecule has 1 aliphatic rings. The average molecular weight is 355 g/mol. The van der Waals surface area contributed by atoms with Crippen LogP contribution in [0, 0.1) is 24.1 Å². The smallest absolute Gasteiger partial charge is 0.258 e. The number of nitriles is 1. The summed E-state index contributed by atoms with van der Waals surface area (Å²) in [5, 5.41) is 9.56. The van der Waals surface area contributed by atoms with Crippen molar-refractivity contribution in [1.29, 1.82) is 5.26 Å². The van der Waals surface area contributed by atoms with Crippen LogP contribution in [-0.2, 0) is 11.3 Å². The van der Waals surface area contributed by atoms with Gasteiger partial charge in [0.05, 0.1) is 18.1 Å².